The lowest BCUT2D eigenvalue weighted by Gasteiger charge is -2.39. The van der Waals surface area contributed by atoms with Gasteiger partial charge in [-0.05, 0) is 109 Å². The zero-order valence-electron chi connectivity index (χ0n) is 32.8. The number of anilines is 1. The van der Waals surface area contributed by atoms with Gasteiger partial charge in [0.2, 0.25) is 5.91 Å². The van der Waals surface area contributed by atoms with Crippen LogP contribution in [0.1, 0.15) is 113 Å². The van der Waals surface area contributed by atoms with Gasteiger partial charge in [-0.3, -0.25) is 14.4 Å². The fraction of sp³-hybridized carbons (Fsp3) is 0.422. The molecule has 12 nitrogen and oxygen atoms in total. The van der Waals surface area contributed by atoms with Crippen molar-refractivity contribution in [3.63, 3.8) is 0 Å². The highest BCUT2D eigenvalue weighted by Crippen LogP contribution is 2.46. The summed E-state index contributed by atoms with van der Waals surface area (Å²) in [7, 11) is 0. The number of fused-ring (bicyclic) bond motifs is 1. The topological polar surface area (TPSA) is 154 Å². The molecule has 4 aromatic carbocycles. The number of likely N-dealkylation sites (tertiary alicyclic amines) is 1. The molecule has 1 heterocycles. The first-order chi connectivity index (χ1) is 27.5. The van der Waals surface area contributed by atoms with E-state index in [0.29, 0.717) is 40.6 Å². The molecule has 57 heavy (non-hydrogen) atoms. The number of ether oxygens (including phenoxy) is 2. The molecular weight excluding hydrogens is 727 g/mol. The molecule has 0 bridgehead atoms. The van der Waals surface area contributed by atoms with Crippen molar-refractivity contribution in [2.45, 2.75) is 90.6 Å². The number of piperidine rings is 1. The van der Waals surface area contributed by atoms with E-state index in [4.69, 9.17) is 9.47 Å². The van der Waals surface area contributed by atoms with Crippen LogP contribution in [0.2, 0.25) is 0 Å². The van der Waals surface area contributed by atoms with E-state index in [1.807, 2.05) is 73.3 Å². The molecule has 0 aromatic heterocycles. The highest BCUT2D eigenvalue weighted by Gasteiger charge is 2.38. The van der Waals surface area contributed by atoms with E-state index in [9.17, 15) is 29.3 Å². The van der Waals surface area contributed by atoms with Gasteiger partial charge in [-0.15, -0.1) is 10.1 Å². The quantitative estimate of drug-likeness (QED) is 0.0510. The molecule has 1 saturated heterocycles. The Balaban J connectivity index is 1.06. The summed E-state index contributed by atoms with van der Waals surface area (Å²) in [6.07, 6.45) is 7.94. The predicted octanol–water partition coefficient (Wildman–Crippen LogP) is 8.64. The minimum atomic E-state index is -0.880. The number of hydrogen-bond acceptors (Lipinski definition) is 9. The number of benzene rings is 4. The number of aryl methyl sites for hydroxylation is 2. The van der Waals surface area contributed by atoms with Gasteiger partial charge in [-0.1, -0.05) is 73.5 Å². The third-order valence-corrected chi connectivity index (χ3v) is 11.4. The summed E-state index contributed by atoms with van der Waals surface area (Å²) < 4.78 is 10.9. The second kappa shape index (κ2) is 18.9. The monoisotopic (exact) mass is 777 g/mol. The molecule has 2 amide bonds. The number of hydrogen-bond donors (Lipinski definition) is 1. The van der Waals surface area contributed by atoms with Crippen LogP contribution in [0.4, 0.5) is 5.69 Å². The maximum atomic E-state index is 14.0. The number of carbonyl (C=O) groups excluding carboxylic acids is 4. The van der Waals surface area contributed by atoms with Crippen molar-refractivity contribution in [3.05, 3.63) is 122 Å². The smallest absolute Gasteiger partial charge is 0.338 e. The normalized spacial score (nSPS) is 15.2. The molecule has 1 aliphatic carbocycles. The SMILES string of the molecule is Cc1cc(C)c(NC(=O)C[C@@H](CC(=O)OCCCCOC(=O)c2ccc(CO[N+](=O)[O-])cc2)c2cccc3ccccc23)c(C(=O)N2CCC3(CCCC3)CC2)c1. The molecular formula is C45H51N3O9. The van der Waals surface area contributed by atoms with E-state index in [1.54, 1.807) is 12.1 Å². The van der Waals surface area contributed by atoms with E-state index in [-0.39, 0.29) is 44.5 Å². The number of rotatable bonds is 16. The lowest BCUT2D eigenvalue weighted by Crippen LogP contribution is -2.42. The van der Waals surface area contributed by atoms with Crippen LogP contribution in [0, 0.1) is 29.4 Å². The van der Waals surface area contributed by atoms with Crippen LogP contribution in [0.5, 0.6) is 0 Å². The number of carbonyl (C=O) groups is 4. The van der Waals surface area contributed by atoms with E-state index in [2.05, 4.69) is 10.2 Å². The molecule has 1 spiro atoms. The molecule has 4 aromatic rings. The molecule has 1 saturated carbocycles. The van der Waals surface area contributed by atoms with Gasteiger partial charge in [0.05, 0.1) is 36.4 Å². The zero-order chi connectivity index (χ0) is 40.4. The first-order valence-corrected chi connectivity index (χ1v) is 19.9. The standard InChI is InChI=1S/C45H51N3O9/c1-31-26-32(2)42(39(27-31)43(51)47-22-20-45(21-23-47)18-5-6-19-45)46-40(49)28-36(38-13-9-11-34-10-3-4-12-37(34)38)29-41(50)55-24-7-8-25-56-44(52)35-16-14-33(15-17-35)30-57-48(53)54/h3-4,9-17,26-27,36H,5-8,18-25,28-30H2,1-2H3,(H,46,49)/t36-/m0/s1. The lowest BCUT2D eigenvalue weighted by atomic mass is 9.77. The average molecular weight is 778 g/mol. The Labute approximate surface area is 333 Å². The lowest BCUT2D eigenvalue weighted by molar-refractivity contribution is -0.763. The molecule has 12 heteroatoms. The Morgan fingerprint density at radius 2 is 1.53 bits per heavy atom. The number of amides is 2. The number of nitrogens with one attached hydrogen (secondary N) is 1. The van der Waals surface area contributed by atoms with Crippen LogP contribution in [0.25, 0.3) is 10.8 Å². The van der Waals surface area contributed by atoms with Crippen molar-refractivity contribution >= 4 is 40.2 Å². The minimum Gasteiger partial charge on any atom is -0.466 e. The summed E-state index contributed by atoms with van der Waals surface area (Å²) >= 11 is 0. The summed E-state index contributed by atoms with van der Waals surface area (Å²) in [5.74, 6) is -1.86. The molecule has 0 unspecified atom stereocenters. The molecule has 1 aliphatic heterocycles. The summed E-state index contributed by atoms with van der Waals surface area (Å²) in [6, 6.07) is 23.7. The summed E-state index contributed by atoms with van der Waals surface area (Å²) in [5, 5.41) is 14.5. The molecule has 2 fully saturated rings. The van der Waals surface area contributed by atoms with E-state index in [1.165, 1.54) is 37.8 Å². The van der Waals surface area contributed by atoms with Gasteiger partial charge >= 0.3 is 11.9 Å². The average Bonchev–Trinajstić information content (AvgIpc) is 3.66. The highest BCUT2D eigenvalue weighted by molar-refractivity contribution is 6.05. The summed E-state index contributed by atoms with van der Waals surface area (Å²) in [5.41, 5.74) is 4.83. The van der Waals surface area contributed by atoms with E-state index in [0.717, 1.165) is 53.4 Å². The fourth-order valence-electron chi connectivity index (χ4n) is 8.36. The fourth-order valence-corrected chi connectivity index (χ4v) is 8.36. The third-order valence-electron chi connectivity index (χ3n) is 11.4. The first-order valence-electron chi connectivity index (χ1n) is 19.9. The molecule has 6 rings (SSSR count). The van der Waals surface area contributed by atoms with E-state index >= 15 is 0 Å². The summed E-state index contributed by atoms with van der Waals surface area (Å²) in [6.45, 7) is 5.31. The van der Waals surface area contributed by atoms with Crippen molar-refractivity contribution in [1.82, 2.24) is 4.90 Å². The van der Waals surface area contributed by atoms with Crippen molar-refractivity contribution in [3.8, 4) is 0 Å². The number of esters is 2. The highest BCUT2D eigenvalue weighted by atomic mass is 16.9. The molecule has 2 aliphatic rings. The number of nitrogens with zero attached hydrogens (tertiary/aromatic N) is 2. The molecule has 1 atom stereocenters. The van der Waals surface area contributed by atoms with Crippen LogP contribution in [0.3, 0.4) is 0 Å². The Hall–Kier alpha value is -5.78. The van der Waals surface area contributed by atoms with Gasteiger partial charge in [-0.2, -0.15) is 0 Å². The van der Waals surface area contributed by atoms with E-state index < -0.39 is 22.9 Å². The third kappa shape index (κ3) is 10.8. The van der Waals surface area contributed by atoms with Gasteiger partial charge in [0, 0.05) is 25.4 Å². The Kier molecular flexibility index (Phi) is 13.6. The van der Waals surface area contributed by atoms with Crippen LogP contribution in [-0.4, -0.2) is 60.0 Å². The first kappa shape index (κ1) is 40.9. The van der Waals surface area contributed by atoms with Crippen molar-refractivity contribution < 1.29 is 38.6 Å². The molecule has 300 valence electrons. The second-order valence-electron chi connectivity index (χ2n) is 15.5. The van der Waals surface area contributed by atoms with Crippen LogP contribution in [0.15, 0.2) is 78.9 Å². The number of unbranched alkanes of at least 4 members (excludes halogenated alkanes) is 1. The van der Waals surface area contributed by atoms with Crippen molar-refractivity contribution in [2.24, 2.45) is 5.41 Å². The van der Waals surface area contributed by atoms with Gasteiger partial charge in [0.15, 0.2) is 0 Å². The largest absolute Gasteiger partial charge is 0.466 e. The van der Waals surface area contributed by atoms with Crippen molar-refractivity contribution in [2.75, 3.05) is 31.6 Å². The predicted molar refractivity (Wildman–Crippen MR) is 215 cm³/mol. The Morgan fingerprint density at radius 3 is 2.25 bits per heavy atom. The summed E-state index contributed by atoms with van der Waals surface area (Å²) in [4.78, 5) is 70.4. The van der Waals surface area contributed by atoms with Crippen LogP contribution < -0.4 is 5.32 Å². The van der Waals surface area contributed by atoms with Crippen molar-refractivity contribution in [1.29, 1.82) is 0 Å². The van der Waals surface area contributed by atoms with Gasteiger partial charge in [0.25, 0.3) is 11.0 Å². The maximum absolute atomic E-state index is 14.0. The minimum absolute atomic E-state index is 0.00399. The molecule has 1 N–H and O–H groups in total. The van der Waals surface area contributed by atoms with Gasteiger partial charge < -0.3 is 24.5 Å². The van der Waals surface area contributed by atoms with Crippen LogP contribution >= 0.6 is 0 Å². The Bertz CT molecular complexity index is 2080. The maximum Gasteiger partial charge on any atom is 0.338 e. The molecule has 0 radical (unpaired) electrons. The van der Waals surface area contributed by atoms with Crippen LogP contribution in [-0.2, 0) is 30.5 Å². The van der Waals surface area contributed by atoms with Gasteiger partial charge in [-0.25, -0.2) is 4.79 Å². The zero-order valence-corrected chi connectivity index (χ0v) is 32.8. The second-order valence-corrected chi connectivity index (χ2v) is 15.5. The Morgan fingerprint density at radius 1 is 0.842 bits per heavy atom. The van der Waals surface area contributed by atoms with Gasteiger partial charge in [0.1, 0.15) is 6.61 Å².